The summed E-state index contributed by atoms with van der Waals surface area (Å²) in [4.78, 5) is 0. The molecule has 0 spiro atoms. The van der Waals surface area contributed by atoms with Crippen molar-refractivity contribution in [2.45, 2.75) is 0 Å². The maximum absolute atomic E-state index is 5.55. The predicted molar refractivity (Wildman–Crippen MR) is 59.3 cm³/mol. The minimum atomic E-state index is 0.736. The molecule has 1 aromatic carbocycles. The first-order valence-electron chi connectivity index (χ1n) is 4.14. The van der Waals surface area contributed by atoms with E-state index in [1.165, 1.54) is 0 Å². The number of nitrogens with two attached hydrogens (primary N) is 1. The molecule has 0 saturated carbocycles. The summed E-state index contributed by atoms with van der Waals surface area (Å²) in [5.41, 5.74) is 7.97. The van der Waals surface area contributed by atoms with Crippen LogP contribution in [0.15, 0.2) is 51.3 Å². The molecule has 0 aliphatic carbocycles. The molecule has 1 aromatic heterocycles. The molecule has 0 radical (unpaired) electrons. The van der Waals surface area contributed by atoms with E-state index in [4.69, 9.17) is 5.73 Å². The molecular weight excluding hydrogens is 194 g/mol. The van der Waals surface area contributed by atoms with Crippen molar-refractivity contribution in [3.63, 3.8) is 0 Å². The average Bonchev–Trinajstić information content (AvgIpc) is 2.70. The molecule has 0 saturated heterocycles. The first-order valence-corrected chi connectivity index (χ1v) is 5.08. The number of azo groups is 1. The number of nitrogen functional groups attached to an aromatic ring is 1. The number of benzene rings is 1. The zero-order valence-electron chi connectivity index (χ0n) is 7.42. The highest BCUT2D eigenvalue weighted by atomic mass is 32.1. The lowest BCUT2D eigenvalue weighted by Gasteiger charge is -1.92. The Morgan fingerprint density at radius 2 is 1.64 bits per heavy atom. The van der Waals surface area contributed by atoms with Crippen LogP contribution in [0.5, 0.6) is 0 Å². The quantitative estimate of drug-likeness (QED) is 0.586. The van der Waals surface area contributed by atoms with Crippen molar-refractivity contribution in [3.05, 3.63) is 41.1 Å². The second-order valence-electron chi connectivity index (χ2n) is 2.77. The summed E-state index contributed by atoms with van der Waals surface area (Å²) < 4.78 is 0. The van der Waals surface area contributed by atoms with E-state index in [2.05, 4.69) is 10.2 Å². The Balaban J connectivity index is 2.15. The van der Waals surface area contributed by atoms with Gasteiger partial charge in [0.15, 0.2) is 0 Å². The van der Waals surface area contributed by atoms with Gasteiger partial charge in [-0.25, -0.2) is 0 Å². The maximum atomic E-state index is 5.55. The van der Waals surface area contributed by atoms with Gasteiger partial charge in [0.2, 0.25) is 0 Å². The van der Waals surface area contributed by atoms with Crippen LogP contribution in [0.3, 0.4) is 0 Å². The highest BCUT2D eigenvalue weighted by Crippen LogP contribution is 2.20. The second kappa shape index (κ2) is 4.02. The number of rotatable bonds is 2. The number of thiophene rings is 1. The third kappa shape index (κ3) is 2.17. The molecular formula is C10H9N3S. The Kier molecular flexibility index (Phi) is 2.55. The molecule has 70 valence electrons. The minimum absolute atomic E-state index is 0.736. The van der Waals surface area contributed by atoms with Gasteiger partial charge in [0.25, 0.3) is 0 Å². The van der Waals surface area contributed by atoms with Crippen molar-refractivity contribution in [2.24, 2.45) is 10.2 Å². The Morgan fingerprint density at radius 1 is 0.929 bits per heavy atom. The van der Waals surface area contributed by atoms with Gasteiger partial charge in [-0.15, -0.1) is 5.11 Å². The van der Waals surface area contributed by atoms with Crippen LogP contribution >= 0.6 is 11.3 Å². The first kappa shape index (κ1) is 8.90. The highest BCUT2D eigenvalue weighted by molar-refractivity contribution is 7.08. The fourth-order valence-corrected chi connectivity index (χ4v) is 1.53. The molecule has 0 amide bonds. The van der Waals surface area contributed by atoms with Gasteiger partial charge in [-0.05, 0) is 35.7 Å². The second-order valence-corrected chi connectivity index (χ2v) is 3.55. The summed E-state index contributed by atoms with van der Waals surface area (Å²) in [6, 6.07) is 9.21. The van der Waals surface area contributed by atoms with E-state index in [1.54, 1.807) is 11.3 Å². The van der Waals surface area contributed by atoms with E-state index in [9.17, 15) is 0 Å². The summed E-state index contributed by atoms with van der Waals surface area (Å²) in [5.74, 6) is 0. The van der Waals surface area contributed by atoms with Gasteiger partial charge in [0.05, 0.1) is 11.4 Å². The lowest BCUT2D eigenvalue weighted by atomic mass is 10.3. The standard InChI is InChI=1S/C10H9N3S/c11-8-1-3-9(4-2-8)12-13-10-5-6-14-7-10/h1-7H,11H2. The largest absolute Gasteiger partial charge is 0.399 e. The van der Waals surface area contributed by atoms with Crippen molar-refractivity contribution in [1.82, 2.24) is 0 Å². The first-order chi connectivity index (χ1) is 6.84. The topological polar surface area (TPSA) is 50.7 Å². The van der Waals surface area contributed by atoms with Crippen LogP contribution < -0.4 is 5.73 Å². The number of anilines is 1. The van der Waals surface area contributed by atoms with Crippen LogP contribution in [0.1, 0.15) is 0 Å². The molecule has 2 aromatic rings. The highest BCUT2D eigenvalue weighted by Gasteiger charge is 1.90. The Morgan fingerprint density at radius 3 is 2.29 bits per heavy atom. The monoisotopic (exact) mass is 203 g/mol. The van der Waals surface area contributed by atoms with Crippen molar-refractivity contribution < 1.29 is 0 Å². The van der Waals surface area contributed by atoms with Gasteiger partial charge >= 0.3 is 0 Å². The average molecular weight is 203 g/mol. The zero-order chi connectivity index (χ0) is 9.80. The molecule has 0 atom stereocenters. The molecule has 2 N–H and O–H groups in total. The molecule has 4 heteroatoms. The van der Waals surface area contributed by atoms with E-state index in [0.717, 1.165) is 17.1 Å². The van der Waals surface area contributed by atoms with Crippen LogP contribution in [0.4, 0.5) is 17.1 Å². The minimum Gasteiger partial charge on any atom is -0.399 e. The number of hydrogen-bond donors (Lipinski definition) is 1. The van der Waals surface area contributed by atoms with Gasteiger partial charge in [-0.2, -0.15) is 16.5 Å². The van der Waals surface area contributed by atoms with E-state index in [1.807, 2.05) is 41.1 Å². The van der Waals surface area contributed by atoms with Crippen molar-refractivity contribution in [2.75, 3.05) is 5.73 Å². The van der Waals surface area contributed by atoms with Crippen LogP contribution in [-0.4, -0.2) is 0 Å². The number of nitrogens with zero attached hydrogens (tertiary/aromatic N) is 2. The van der Waals surface area contributed by atoms with Gasteiger partial charge < -0.3 is 5.73 Å². The summed E-state index contributed by atoms with van der Waals surface area (Å²) in [6.45, 7) is 0. The predicted octanol–water partition coefficient (Wildman–Crippen LogP) is 3.75. The van der Waals surface area contributed by atoms with Gasteiger partial charge in [0, 0.05) is 11.1 Å². The van der Waals surface area contributed by atoms with E-state index < -0.39 is 0 Å². The fourth-order valence-electron chi connectivity index (χ4n) is 0.971. The van der Waals surface area contributed by atoms with Crippen molar-refractivity contribution in [3.8, 4) is 0 Å². The third-order valence-corrected chi connectivity index (χ3v) is 2.35. The van der Waals surface area contributed by atoms with Gasteiger partial charge in [0.1, 0.15) is 0 Å². The van der Waals surface area contributed by atoms with Gasteiger partial charge in [-0.3, -0.25) is 0 Å². The summed E-state index contributed by atoms with van der Waals surface area (Å²) in [6.07, 6.45) is 0. The molecule has 2 rings (SSSR count). The molecule has 0 fully saturated rings. The Labute approximate surface area is 85.9 Å². The molecule has 0 unspecified atom stereocenters. The summed E-state index contributed by atoms with van der Waals surface area (Å²) in [7, 11) is 0. The van der Waals surface area contributed by atoms with Crippen LogP contribution in [0.25, 0.3) is 0 Å². The van der Waals surface area contributed by atoms with Crippen LogP contribution in [0.2, 0.25) is 0 Å². The van der Waals surface area contributed by atoms with Gasteiger partial charge in [-0.1, -0.05) is 0 Å². The molecule has 1 heterocycles. The van der Waals surface area contributed by atoms with E-state index in [-0.39, 0.29) is 0 Å². The van der Waals surface area contributed by atoms with Crippen LogP contribution in [-0.2, 0) is 0 Å². The molecule has 0 aliphatic heterocycles. The molecule has 0 bridgehead atoms. The van der Waals surface area contributed by atoms with E-state index in [0.29, 0.717) is 0 Å². The SMILES string of the molecule is Nc1ccc(N=Nc2ccsc2)cc1. The fraction of sp³-hybridized carbons (Fsp3) is 0. The summed E-state index contributed by atoms with van der Waals surface area (Å²) in [5, 5.41) is 12.0. The third-order valence-electron chi connectivity index (χ3n) is 1.68. The van der Waals surface area contributed by atoms with Crippen LogP contribution in [0, 0.1) is 0 Å². The maximum Gasteiger partial charge on any atom is 0.0963 e. The molecule has 3 nitrogen and oxygen atoms in total. The molecule has 14 heavy (non-hydrogen) atoms. The zero-order valence-corrected chi connectivity index (χ0v) is 8.24. The Hall–Kier alpha value is -1.68. The van der Waals surface area contributed by atoms with Crippen molar-refractivity contribution >= 4 is 28.4 Å². The lowest BCUT2D eigenvalue weighted by Crippen LogP contribution is -1.80. The lowest BCUT2D eigenvalue weighted by molar-refractivity contribution is 1.24. The van der Waals surface area contributed by atoms with E-state index >= 15 is 0 Å². The summed E-state index contributed by atoms with van der Waals surface area (Å²) >= 11 is 1.60. The Bertz CT molecular complexity index is 417. The molecule has 0 aliphatic rings. The smallest absolute Gasteiger partial charge is 0.0963 e. The normalized spacial score (nSPS) is 10.9. The van der Waals surface area contributed by atoms with Crippen molar-refractivity contribution in [1.29, 1.82) is 0 Å². The number of hydrogen-bond acceptors (Lipinski definition) is 4.